The third-order valence-corrected chi connectivity index (χ3v) is 5.72. The molecule has 0 aliphatic heterocycles. The van der Waals surface area contributed by atoms with E-state index in [1.807, 2.05) is 0 Å². The Bertz CT molecular complexity index is 201. The zero-order valence-corrected chi connectivity index (χ0v) is 8.68. The molecule has 4 rings (SSSR count). The molecule has 2 atom stereocenters. The molecule has 0 amide bonds. The normalized spacial score (nSPS) is 57.7. The summed E-state index contributed by atoms with van der Waals surface area (Å²) in [6.45, 7) is 3.37. The van der Waals surface area contributed by atoms with Gasteiger partial charge in [-0.05, 0) is 61.3 Å². The third kappa shape index (κ3) is 0.823. The second-order valence-electron chi connectivity index (χ2n) is 5.73. The predicted molar refractivity (Wildman–Crippen MR) is 54.3 cm³/mol. The summed E-state index contributed by atoms with van der Waals surface area (Å²) in [5.41, 5.74) is 7.37. The number of hydrogen-bond acceptors (Lipinski definition) is 1. The Morgan fingerprint density at radius 2 is 1.62 bits per heavy atom. The quantitative estimate of drug-likeness (QED) is 0.692. The van der Waals surface area contributed by atoms with Crippen LogP contribution in [0.25, 0.3) is 0 Å². The Labute approximate surface area is 81.1 Å². The van der Waals surface area contributed by atoms with Crippen molar-refractivity contribution in [2.75, 3.05) is 6.54 Å². The lowest BCUT2D eigenvalue weighted by molar-refractivity contribution is -0.0178. The first-order valence-corrected chi connectivity index (χ1v) is 5.96. The van der Waals surface area contributed by atoms with E-state index >= 15 is 0 Å². The monoisotopic (exact) mass is 179 g/mol. The first-order valence-electron chi connectivity index (χ1n) is 5.96. The van der Waals surface area contributed by atoms with E-state index in [4.69, 9.17) is 5.73 Å². The van der Waals surface area contributed by atoms with Crippen LogP contribution in [-0.4, -0.2) is 6.54 Å². The van der Waals surface area contributed by atoms with Crippen LogP contribution in [0.2, 0.25) is 0 Å². The van der Waals surface area contributed by atoms with Crippen molar-refractivity contribution in [2.24, 2.45) is 28.4 Å². The third-order valence-electron chi connectivity index (χ3n) is 5.72. The van der Waals surface area contributed by atoms with Crippen molar-refractivity contribution in [1.82, 2.24) is 0 Å². The lowest BCUT2D eigenvalue weighted by Crippen LogP contribution is -2.47. The maximum absolute atomic E-state index is 5.98. The molecule has 4 aliphatic carbocycles. The van der Waals surface area contributed by atoms with Crippen LogP contribution in [0, 0.1) is 22.7 Å². The van der Waals surface area contributed by atoms with Crippen LogP contribution < -0.4 is 5.73 Å². The maximum atomic E-state index is 5.98. The smallest absolute Gasteiger partial charge is 0.00178 e. The molecule has 0 aromatic heterocycles. The Morgan fingerprint density at radius 1 is 1.08 bits per heavy atom. The van der Waals surface area contributed by atoms with Gasteiger partial charge in [0.05, 0.1) is 0 Å². The highest BCUT2D eigenvalue weighted by Crippen LogP contribution is 2.73. The average molecular weight is 179 g/mol. The topological polar surface area (TPSA) is 26.0 Å². The Morgan fingerprint density at radius 3 is 2.15 bits per heavy atom. The fourth-order valence-electron chi connectivity index (χ4n) is 4.51. The summed E-state index contributed by atoms with van der Waals surface area (Å²) < 4.78 is 0. The van der Waals surface area contributed by atoms with Crippen molar-refractivity contribution in [2.45, 2.75) is 45.4 Å². The lowest BCUT2D eigenvalue weighted by atomic mass is 9.53. The van der Waals surface area contributed by atoms with Gasteiger partial charge >= 0.3 is 0 Å². The summed E-state index contributed by atoms with van der Waals surface area (Å²) in [5, 5.41) is 0. The highest BCUT2D eigenvalue weighted by atomic mass is 14.8. The van der Waals surface area contributed by atoms with Crippen LogP contribution in [0.15, 0.2) is 0 Å². The summed E-state index contributed by atoms with van der Waals surface area (Å²) in [6, 6.07) is 0. The van der Waals surface area contributed by atoms with E-state index in [0.29, 0.717) is 5.41 Å². The molecule has 0 radical (unpaired) electrons. The van der Waals surface area contributed by atoms with E-state index in [1.165, 1.54) is 38.5 Å². The van der Waals surface area contributed by atoms with Crippen molar-refractivity contribution in [3.63, 3.8) is 0 Å². The molecule has 1 nitrogen and oxygen atoms in total. The van der Waals surface area contributed by atoms with Crippen LogP contribution >= 0.6 is 0 Å². The fraction of sp³-hybridized carbons (Fsp3) is 1.00. The van der Waals surface area contributed by atoms with E-state index in [2.05, 4.69) is 6.92 Å². The van der Waals surface area contributed by atoms with E-state index in [0.717, 1.165) is 23.8 Å². The molecule has 13 heavy (non-hydrogen) atoms. The van der Waals surface area contributed by atoms with Gasteiger partial charge in [0.15, 0.2) is 0 Å². The van der Waals surface area contributed by atoms with Gasteiger partial charge in [-0.15, -0.1) is 0 Å². The first kappa shape index (κ1) is 8.28. The van der Waals surface area contributed by atoms with Crippen molar-refractivity contribution in [1.29, 1.82) is 0 Å². The largest absolute Gasteiger partial charge is 0.330 e. The number of rotatable bonds is 2. The van der Waals surface area contributed by atoms with Gasteiger partial charge in [0.25, 0.3) is 0 Å². The van der Waals surface area contributed by atoms with Crippen molar-refractivity contribution >= 4 is 0 Å². The molecule has 0 aromatic rings. The Balaban J connectivity index is 1.92. The van der Waals surface area contributed by atoms with E-state index in [-0.39, 0.29) is 0 Å². The second-order valence-corrected chi connectivity index (χ2v) is 5.73. The van der Waals surface area contributed by atoms with Gasteiger partial charge in [-0.2, -0.15) is 0 Å². The van der Waals surface area contributed by atoms with Gasteiger partial charge in [0, 0.05) is 0 Å². The van der Waals surface area contributed by atoms with Crippen LogP contribution in [0.5, 0.6) is 0 Å². The predicted octanol–water partition coefficient (Wildman–Crippen LogP) is 2.55. The molecule has 4 aliphatic rings. The first-order chi connectivity index (χ1) is 6.26. The molecular weight excluding hydrogens is 158 g/mol. The highest BCUT2D eigenvalue weighted by molar-refractivity contribution is 5.16. The summed E-state index contributed by atoms with van der Waals surface area (Å²) >= 11 is 0. The molecule has 4 fully saturated rings. The molecule has 0 aromatic carbocycles. The maximum Gasteiger partial charge on any atom is -0.00178 e. The van der Waals surface area contributed by atoms with E-state index < -0.39 is 0 Å². The van der Waals surface area contributed by atoms with Crippen LogP contribution in [0.1, 0.15) is 45.4 Å². The molecule has 2 bridgehead atoms. The zero-order valence-electron chi connectivity index (χ0n) is 8.68. The minimum atomic E-state index is 0.613. The van der Waals surface area contributed by atoms with Gasteiger partial charge in [0.2, 0.25) is 0 Å². The van der Waals surface area contributed by atoms with Gasteiger partial charge in [0.1, 0.15) is 0 Å². The molecule has 74 valence electrons. The zero-order chi connectivity index (χ0) is 9.10. The van der Waals surface area contributed by atoms with E-state index in [1.54, 1.807) is 0 Å². The minimum absolute atomic E-state index is 0.613. The number of hydrogen-bond donors (Lipinski definition) is 1. The molecule has 1 heteroatoms. The molecule has 0 spiro atoms. The summed E-state index contributed by atoms with van der Waals surface area (Å²) in [5.74, 6) is 2.13. The minimum Gasteiger partial charge on any atom is -0.330 e. The highest BCUT2D eigenvalue weighted by Gasteiger charge is 2.66. The van der Waals surface area contributed by atoms with E-state index in [9.17, 15) is 0 Å². The number of fused-ring (bicyclic) bond motifs is 2. The number of nitrogens with two attached hydrogens (primary N) is 1. The van der Waals surface area contributed by atoms with Crippen LogP contribution in [-0.2, 0) is 0 Å². The summed E-state index contributed by atoms with van der Waals surface area (Å²) in [6.07, 6.45) is 8.81. The Hall–Kier alpha value is -0.0400. The van der Waals surface area contributed by atoms with Gasteiger partial charge < -0.3 is 5.73 Å². The van der Waals surface area contributed by atoms with Gasteiger partial charge in [-0.3, -0.25) is 0 Å². The summed E-state index contributed by atoms with van der Waals surface area (Å²) in [4.78, 5) is 0. The van der Waals surface area contributed by atoms with Crippen molar-refractivity contribution in [3.05, 3.63) is 0 Å². The van der Waals surface area contributed by atoms with Crippen molar-refractivity contribution < 1.29 is 0 Å². The second kappa shape index (κ2) is 2.31. The standard InChI is InChI=1S/C12H21N/c1-2-11-3-5-12(8-13,6-4-11)10-7-9(10)11/h9-10H,2-8,13H2,1H3. The van der Waals surface area contributed by atoms with Crippen LogP contribution in [0.3, 0.4) is 0 Å². The molecule has 2 unspecified atom stereocenters. The molecule has 2 N–H and O–H groups in total. The average Bonchev–Trinajstić information content (AvgIpc) is 3.00. The van der Waals surface area contributed by atoms with Crippen LogP contribution in [0.4, 0.5) is 0 Å². The van der Waals surface area contributed by atoms with Gasteiger partial charge in [-0.1, -0.05) is 13.3 Å². The molecule has 4 saturated carbocycles. The molecule has 0 saturated heterocycles. The molecular formula is C12H21N. The van der Waals surface area contributed by atoms with Crippen molar-refractivity contribution in [3.8, 4) is 0 Å². The fourth-order valence-corrected chi connectivity index (χ4v) is 4.51. The summed E-state index contributed by atoms with van der Waals surface area (Å²) in [7, 11) is 0. The molecule has 0 heterocycles. The lowest BCUT2D eigenvalue weighted by Gasteiger charge is -2.52. The SMILES string of the molecule is CCC12CCC(CN)(CC1)C1CC12. The van der Waals surface area contributed by atoms with Gasteiger partial charge in [-0.25, -0.2) is 0 Å². The Kier molecular flexibility index (Phi) is 1.47.